The summed E-state index contributed by atoms with van der Waals surface area (Å²) in [7, 11) is 3.33. The fourth-order valence-corrected chi connectivity index (χ4v) is 2.56. The number of piperidine rings is 1. The van der Waals surface area contributed by atoms with Crippen LogP contribution in [0, 0.1) is 5.92 Å². The molecule has 0 aliphatic carbocycles. The zero-order valence-electron chi connectivity index (χ0n) is 12.5. The average molecular weight is 279 g/mol. The molecule has 0 saturated carbocycles. The van der Waals surface area contributed by atoms with Crippen LogP contribution in [0.5, 0.6) is 11.5 Å². The lowest BCUT2D eigenvalue weighted by atomic mass is 9.95. The van der Waals surface area contributed by atoms with Crippen molar-refractivity contribution in [2.24, 2.45) is 5.92 Å². The Kier molecular flexibility index (Phi) is 6.15. The molecule has 1 aromatic rings. The molecule has 0 amide bonds. The van der Waals surface area contributed by atoms with E-state index in [2.05, 4.69) is 5.32 Å². The molecule has 0 spiro atoms. The molecular formula is C16H25NO3. The van der Waals surface area contributed by atoms with Crippen molar-refractivity contribution in [2.45, 2.75) is 25.9 Å². The summed E-state index contributed by atoms with van der Waals surface area (Å²) in [5.74, 6) is 2.43. The normalized spacial score (nSPS) is 16.1. The molecule has 1 aromatic carbocycles. The van der Waals surface area contributed by atoms with Crippen molar-refractivity contribution in [3.63, 3.8) is 0 Å². The molecule has 112 valence electrons. The van der Waals surface area contributed by atoms with Crippen molar-refractivity contribution in [1.82, 2.24) is 5.32 Å². The largest absolute Gasteiger partial charge is 0.497 e. The predicted octanol–water partition coefficient (Wildman–Crippen LogP) is 2.61. The van der Waals surface area contributed by atoms with Gasteiger partial charge in [-0.1, -0.05) is 0 Å². The zero-order valence-corrected chi connectivity index (χ0v) is 12.5. The number of benzene rings is 1. The van der Waals surface area contributed by atoms with Gasteiger partial charge in [-0.2, -0.15) is 0 Å². The molecule has 0 bridgehead atoms. The molecule has 0 radical (unpaired) electrons. The summed E-state index contributed by atoms with van der Waals surface area (Å²) in [6, 6.07) is 5.86. The van der Waals surface area contributed by atoms with E-state index in [4.69, 9.17) is 14.2 Å². The van der Waals surface area contributed by atoms with Gasteiger partial charge in [0.05, 0.1) is 20.8 Å². The van der Waals surface area contributed by atoms with Gasteiger partial charge in [-0.25, -0.2) is 0 Å². The van der Waals surface area contributed by atoms with Crippen LogP contribution in [0.4, 0.5) is 0 Å². The summed E-state index contributed by atoms with van der Waals surface area (Å²) >= 11 is 0. The molecular weight excluding hydrogens is 254 g/mol. The number of methoxy groups -OCH3 is 2. The molecule has 1 heterocycles. The van der Waals surface area contributed by atoms with Crippen LogP contribution in [-0.2, 0) is 11.3 Å². The first-order chi connectivity index (χ1) is 9.81. The van der Waals surface area contributed by atoms with Gasteiger partial charge < -0.3 is 19.5 Å². The molecule has 2 rings (SSSR count). The summed E-state index contributed by atoms with van der Waals surface area (Å²) in [5, 5.41) is 3.39. The lowest BCUT2D eigenvalue weighted by Gasteiger charge is -2.22. The number of rotatable bonds is 7. The maximum atomic E-state index is 5.79. The Bertz CT molecular complexity index is 380. The summed E-state index contributed by atoms with van der Waals surface area (Å²) < 4.78 is 16.3. The molecule has 0 aromatic heterocycles. The van der Waals surface area contributed by atoms with Gasteiger partial charge in [-0.3, -0.25) is 0 Å². The third kappa shape index (κ3) is 4.69. The topological polar surface area (TPSA) is 39.7 Å². The third-order valence-corrected chi connectivity index (χ3v) is 3.81. The first kappa shape index (κ1) is 15.1. The van der Waals surface area contributed by atoms with E-state index in [1.54, 1.807) is 14.2 Å². The zero-order chi connectivity index (χ0) is 14.2. The second kappa shape index (κ2) is 8.12. The minimum absolute atomic E-state index is 0.610. The van der Waals surface area contributed by atoms with Gasteiger partial charge in [-0.05, 0) is 56.0 Å². The van der Waals surface area contributed by atoms with Crippen molar-refractivity contribution >= 4 is 0 Å². The number of ether oxygens (including phenoxy) is 3. The fraction of sp³-hybridized carbons (Fsp3) is 0.625. The summed E-state index contributed by atoms with van der Waals surface area (Å²) in [6.45, 7) is 3.73. The van der Waals surface area contributed by atoms with Gasteiger partial charge in [0.2, 0.25) is 0 Å². The van der Waals surface area contributed by atoms with Crippen LogP contribution < -0.4 is 14.8 Å². The van der Waals surface area contributed by atoms with Crippen molar-refractivity contribution in [2.75, 3.05) is 33.9 Å². The van der Waals surface area contributed by atoms with E-state index in [1.165, 1.54) is 12.8 Å². The van der Waals surface area contributed by atoms with Crippen LogP contribution in [0.3, 0.4) is 0 Å². The van der Waals surface area contributed by atoms with E-state index in [0.29, 0.717) is 6.61 Å². The highest BCUT2D eigenvalue weighted by molar-refractivity contribution is 5.38. The van der Waals surface area contributed by atoms with Crippen LogP contribution >= 0.6 is 0 Å². The Morgan fingerprint density at radius 2 is 1.70 bits per heavy atom. The average Bonchev–Trinajstić information content (AvgIpc) is 2.52. The van der Waals surface area contributed by atoms with Gasteiger partial charge >= 0.3 is 0 Å². The lowest BCUT2D eigenvalue weighted by molar-refractivity contribution is 0.102. The van der Waals surface area contributed by atoms with Crippen LogP contribution in [0.15, 0.2) is 18.2 Å². The molecule has 1 aliphatic heterocycles. The fourth-order valence-electron chi connectivity index (χ4n) is 2.56. The van der Waals surface area contributed by atoms with Crippen molar-refractivity contribution in [1.29, 1.82) is 0 Å². The van der Waals surface area contributed by atoms with E-state index < -0.39 is 0 Å². The number of nitrogens with one attached hydrogen (secondary N) is 1. The monoisotopic (exact) mass is 279 g/mol. The van der Waals surface area contributed by atoms with Gasteiger partial charge in [0.1, 0.15) is 11.5 Å². The van der Waals surface area contributed by atoms with Crippen molar-refractivity contribution in [3.8, 4) is 11.5 Å². The van der Waals surface area contributed by atoms with E-state index in [9.17, 15) is 0 Å². The molecule has 1 saturated heterocycles. The van der Waals surface area contributed by atoms with Gasteiger partial charge in [0, 0.05) is 12.7 Å². The molecule has 0 unspecified atom stereocenters. The van der Waals surface area contributed by atoms with Crippen molar-refractivity contribution < 1.29 is 14.2 Å². The Labute approximate surface area is 121 Å². The maximum Gasteiger partial charge on any atom is 0.122 e. The molecule has 1 aliphatic rings. The minimum atomic E-state index is 0.610. The highest BCUT2D eigenvalue weighted by Gasteiger charge is 2.12. The molecule has 0 atom stereocenters. The van der Waals surface area contributed by atoms with Crippen LogP contribution in [-0.4, -0.2) is 33.9 Å². The quantitative estimate of drug-likeness (QED) is 0.779. The maximum absolute atomic E-state index is 5.79. The van der Waals surface area contributed by atoms with E-state index in [0.717, 1.165) is 49.1 Å². The summed E-state index contributed by atoms with van der Waals surface area (Å²) in [4.78, 5) is 0. The number of hydrogen-bond acceptors (Lipinski definition) is 4. The number of hydrogen-bond donors (Lipinski definition) is 1. The van der Waals surface area contributed by atoms with Crippen LogP contribution in [0.1, 0.15) is 24.8 Å². The Morgan fingerprint density at radius 3 is 2.30 bits per heavy atom. The third-order valence-electron chi connectivity index (χ3n) is 3.81. The lowest BCUT2D eigenvalue weighted by Crippen LogP contribution is -2.28. The van der Waals surface area contributed by atoms with Crippen molar-refractivity contribution in [3.05, 3.63) is 23.8 Å². The van der Waals surface area contributed by atoms with E-state index in [1.807, 2.05) is 18.2 Å². The second-order valence-electron chi connectivity index (χ2n) is 5.26. The Hall–Kier alpha value is -1.26. The predicted molar refractivity (Wildman–Crippen MR) is 79.4 cm³/mol. The van der Waals surface area contributed by atoms with Gasteiger partial charge in [-0.15, -0.1) is 0 Å². The first-order valence-corrected chi connectivity index (χ1v) is 7.32. The van der Waals surface area contributed by atoms with Gasteiger partial charge in [0.15, 0.2) is 0 Å². The molecule has 1 fully saturated rings. The molecule has 20 heavy (non-hydrogen) atoms. The van der Waals surface area contributed by atoms with Crippen LogP contribution in [0.2, 0.25) is 0 Å². The summed E-state index contributed by atoms with van der Waals surface area (Å²) in [5.41, 5.74) is 1.09. The highest BCUT2D eigenvalue weighted by atomic mass is 16.5. The smallest absolute Gasteiger partial charge is 0.122 e. The standard InChI is InChI=1S/C16H25NO3/c1-18-15-9-14(10-16(11-15)19-2)12-20-8-5-13-3-6-17-7-4-13/h9-11,13,17H,3-8,12H2,1-2H3. The Morgan fingerprint density at radius 1 is 1.05 bits per heavy atom. The Balaban J connectivity index is 1.75. The summed E-state index contributed by atoms with van der Waals surface area (Å²) in [6.07, 6.45) is 3.70. The van der Waals surface area contributed by atoms with Crippen LogP contribution in [0.25, 0.3) is 0 Å². The molecule has 4 nitrogen and oxygen atoms in total. The second-order valence-corrected chi connectivity index (χ2v) is 5.26. The highest BCUT2D eigenvalue weighted by Crippen LogP contribution is 2.23. The van der Waals surface area contributed by atoms with Gasteiger partial charge in [0.25, 0.3) is 0 Å². The first-order valence-electron chi connectivity index (χ1n) is 7.32. The van der Waals surface area contributed by atoms with E-state index >= 15 is 0 Å². The molecule has 1 N–H and O–H groups in total. The molecule has 4 heteroatoms. The van der Waals surface area contributed by atoms with E-state index in [-0.39, 0.29) is 0 Å². The minimum Gasteiger partial charge on any atom is -0.497 e. The SMILES string of the molecule is COc1cc(COCCC2CCNCC2)cc(OC)c1.